The Labute approximate surface area is 83.3 Å². The summed E-state index contributed by atoms with van der Waals surface area (Å²) in [7, 11) is 0. The largest absolute Gasteiger partial charge is 0.325 e. The van der Waals surface area contributed by atoms with Crippen molar-refractivity contribution in [1.82, 2.24) is 0 Å². The Morgan fingerprint density at radius 3 is 2.92 bits per heavy atom. The first kappa shape index (κ1) is 9.44. The van der Waals surface area contributed by atoms with Gasteiger partial charge in [0, 0.05) is 5.69 Å². The predicted octanol–water partition coefficient (Wildman–Crippen LogP) is 2.20. The van der Waals surface area contributed by atoms with Gasteiger partial charge in [0.2, 0.25) is 5.91 Å². The van der Waals surface area contributed by atoms with Crippen LogP contribution in [0.1, 0.15) is 0 Å². The molecule has 0 radical (unpaired) electrons. The molecule has 1 N–H and O–H groups in total. The lowest BCUT2D eigenvalue weighted by Gasteiger charge is -2.01. The SMILES string of the molecule is O=C(CI)Nc1cccc(F)c1. The second kappa shape index (κ2) is 4.39. The third-order valence-electron chi connectivity index (χ3n) is 1.23. The maximum absolute atomic E-state index is 12.6. The molecule has 0 fully saturated rings. The van der Waals surface area contributed by atoms with E-state index in [-0.39, 0.29) is 11.7 Å². The number of benzene rings is 1. The van der Waals surface area contributed by atoms with E-state index in [1.165, 1.54) is 12.1 Å². The number of halogens is 2. The van der Waals surface area contributed by atoms with Crippen LogP contribution < -0.4 is 5.32 Å². The van der Waals surface area contributed by atoms with Crippen molar-refractivity contribution in [3.05, 3.63) is 30.1 Å². The highest BCUT2D eigenvalue weighted by atomic mass is 127. The fourth-order valence-corrected chi connectivity index (χ4v) is 0.951. The van der Waals surface area contributed by atoms with Gasteiger partial charge in [-0.05, 0) is 18.2 Å². The summed E-state index contributed by atoms with van der Waals surface area (Å²) in [6.45, 7) is 0. The van der Waals surface area contributed by atoms with Crippen molar-refractivity contribution >= 4 is 34.2 Å². The highest BCUT2D eigenvalue weighted by Gasteiger charge is 1.99. The molecule has 0 saturated carbocycles. The van der Waals surface area contributed by atoms with Gasteiger partial charge >= 0.3 is 0 Å². The molecule has 0 unspecified atom stereocenters. The number of carbonyl (C=O) groups is 1. The highest BCUT2D eigenvalue weighted by Crippen LogP contribution is 2.08. The first-order valence-electron chi connectivity index (χ1n) is 3.34. The first-order valence-corrected chi connectivity index (χ1v) is 4.86. The number of anilines is 1. The normalized spacial score (nSPS) is 9.50. The van der Waals surface area contributed by atoms with E-state index >= 15 is 0 Å². The van der Waals surface area contributed by atoms with E-state index in [1.54, 1.807) is 12.1 Å². The lowest BCUT2D eigenvalue weighted by Crippen LogP contribution is -2.12. The molecule has 1 aromatic carbocycles. The van der Waals surface area contributed by atoms with E-state index in [2.05, 4.69) is 5.32 Å². The van der Waals surface area contributed by atoms with E-state index in [0.717, 1.165) is 0 Å². The Morgan fingerprint density at radius 1 is 1.58 bits per heavy atom. The van der Waals surface area contributed by atoms with Gasteiger partial charge in [0.05, 0.1) is 4.43 Å². The lowest BCUT2D eigenvalue weighted by atomic mass is 10.3. The summed E-state index contributed by atoms with van der Waals surface area (Å²) in [5.41, 5.74) is 0.497. The number of alkyl halides is 1. The van der Waals surface area contributed by atoms with Crippen LogP contribution in [0, 0.1) is 5.82 Å². The van der Waals surface area contributed by atoms with E-state index in [1.807, 2.05) is 22.6 Å². The zero-order valence-electron chi connectivity index (χ0n) is 6.18. The van der Waals surface area contributed by atoms with Gasteiger partial charge in [-0.1, -0.05) is 28.7 Å². The minimum atomic E-state index is -0.346. The van der Waals surface area contributed by atoms with Gasteiger partial charge in [0.25, 0.3) is 0 Å². The van der Waals surface area contributed by atoms with Gasteiger partial charge < -0.3 is 5.32 Å². The minimum absolute atomic E-state index is 0.124. The van der Waals surface area contributed by atoms with Crippen LogP contribution in [-0.2, 0) is 4.79 Å². The molecule has 0 saturated heterocycles. The van der Waals surface area contributed by atoms with Crippen molar-refractivity contribution in [2.45, 2.75) is 0 Å². The summed E-state index contributed by atoms with van der Waals surface area (Å²) in [6.07, 6.45) is 0. The topological polar surface area (TPSA) is 29.1 Å². The van der Waals surface area contributed by atoms with Gasteiger partial charge in [-0.2, -0.15) is 0 Å². The molecule has 0 aliphatic heterocycles. The van der Waals surface area contributed by atoms with Gasteiger partial charge in [-0.25, -0.2) is 4.39 Å². The van der Waals surface area contributed by atoms with Crippen LogP contribution in [0.3, 0.4) is 0 Å². The molecule has 1 rings (SSSR count). The summed E-state index contributed by atoms with van der Waals surface area (Å²) < 4.78 is 12.9. The third-order valence-corrected chi connectivity index (χ3v) is 1.92. The van der Waals surface area contributed by atoms with Crippen molar-refractivity contribution < 1.29 is 9.18 Å². The van der Waals surface area contributed by atoms with Crippen LogP contribution in [0.15, 0.2) is 24.3 Å². The molecule has 1 amide bonds. The molecule has 2 nitrogen and oxygen atoms in total. The molecule has 0 bridgehead atoms. The Bertz CT molecular complexity index is 290. The highest BCUT2D eigenvalue weighted by molar-refractivity contribution is 14.1. The lowest BCUT2D eigenvalue weighted by molar-refractivity contribution is -0.113. The Hall–Kier alpha value is -0.650. The van der Waals surface area contributed by atoms with Gasteiger partial charge in [0.15, 0.2) is 0 Å². The molecule has 12 heavy (non-hydrogen) atoms. The quantitative estimate of drug-likeness (QED) is 0.652. The standard InChI is InChI=1S/C8H7FINO/c9-6-2-1-3-7(4-6)11-8(12)5-10/h1-4H,5H2,(H,11,12). The number of rotatable bonds is 2. The van der Waals surface area contributed by atoms with Crippen LogP contribution in [0.25, 0.3) is 0 Å². The van der Waals surface area contributed by atoms with Crippen molar-refractivity contribution in [3.8, 4) is 0 Å². The number of nitrogens with one attached hydrogen (secondary N) is 1. The van der Waals surface area contributed by atoms with E-state index in [0.29, 0.717) is 10.1 Å². The second-order valence-electron chi connectivity index (χ2n) is 2.19. The minimum Gasteiger partial charge on any atom is -0.325 e. The third kappa shape index (κ3) is 2.77. The molecule has 0 aliphatic carbocycles. The molecule has 0 aromatic heterocycles. The summed E-state index contributed by atoms with van der Waals surface area (Å²) in [5, 5.41) is 2.55. The monoisotopic (exact) mass is 279 g/mol. The molecule has 0 aliphatic rings. The van der Waals surface area contributed by atoms with Gasteiger partial charge in [-0.3, -0.25) is 4.79 Å². The number of hydrogen-bond acceptors (Lipinski definition) is 1. The van der Waals surface area contributed by atoms with Crippen LogP contribution in [0.4, 0.5) is 10.1 Å². The Kier molecular flexibility index (Phi) is 3.46. The molecule has 1 aromatic rings. The van der Waals surface area contributed by atoms with Crippen LogP contribution in [0.5, 0.6) is 0 Å². The van der Waals surface area contributed by atoms with Crippen molar-refractivity contribution in [1.29, 1.82) is 0 Å². The van der Waals surface area contributed by atoms with E-state index < -0.39 is 0 Å². The number of hydrogen-bond donors (Lipinski definition) is 1. The Morgan fingerprint density at radius 2 is 2.33 bits per heavy atom. The fourth-order valence-electron chi connectivity index (χ4n) is 0.761. The predicted molar refractivity (Wildman–Crippen MR) is 53.9 cm³/mol. The Balaban J connectivity index is 2.69. The van der Waals surface area contributed by atoms with Gasteiger partial charge in [0.1, 0.15) is 5.82 Å². The van der Waals surface area contributed by atoms with E-state index in [9.17, 15) is 9.18 Å². The molecule has 64 valence electrons. The fraction of sp³-hybridized carbons (Fsp3) is 0.125. The van der Waals surface area contributed by atoms with Gasteiger partial charge in [-0.15, -0.1) is 0 Å². The van der Waals surface area contributed by atoms with Crippen LogP contribution in [0.2, 0.25) is 0 Å². The summed E-state index contributed by atoms with van der Waals surface area (Å²) in [4.78, 5) is 10.9. The average Bonchev–Trinajstić information content (AvgIpc) is 2.04. The maximum atomic E-state index is 12.6. The summed E-state index contributed by atoms with van der Waals surface area (Å²) in [6, 6.07) is 5.81. The molecule has 0 spiro atoms. The summed E-state index contributed by atoms with van der Waals surface area (Å²) >= 11 is 1.94. The molecule has 0 heterocycles. The van der Waals surface area contributed by atoms with E-state index in [4.69, 9.17) is 0 Å². The number of amides is 1. The maximum Gasteiger partial charge on any atom is 0.234 e. The second-order valence-corrected chi connectivity index (χ2v) is 2.95. The van der Waals surface area contributed by atoms with Crippen LogP contribution in [-0.4, -0.2) is 10.3 Å². The average molecular weight is 279 g/mol. The van der Waals surface area contributed by atoms with Crippen LogP contribution >= 0.6 is 22.6 Å². The first-order chi connectivity index (χ1) is 5.72. The smallest absolute Gasteiger partial charge is 0.234 e. The molecule has 0 atom stereocenters. The number of carbonyl (C=O) groups excluding carboxylic acids is 1. The van der Waals surface area contributed by atoms with Crippen molar-refractivity contribution in [2.24, 2.45) is 0 Å². The zero-order chi connectivity index (χ0) is 8.97. The molecular weight excluding hydrogens is 272 g/mol. The van der Waals surface area contributed by atoms with Crippen molar-refractivity contribution in [2.75, 3.05) is 9.74 Å². The zero-order valence-corrected chi connectivity index (χ0v) is 8.34. The van der Waals surface area contributed by atoms with Crippen molar-refractivity contribution in [3.63, 3.8) is 0 Å². The summed E-state index contributed by atoms with van der Waals surface area (Å²) in [5.74, 6) is -0.470. The molecular formula is C8H7FINO. The molecule has 4 heteroatoms.